The van der Waals surface area contributed by atoms with E-state index in [0.29, 0.717) is 5.88 Å². The van der Waals surface area contributed by atoms with E-state index in [-0.39, 0.29) is 11.8 Å². The summed E-state index contributed by atoms with van der Waals surface area (Å²) in [6, 6.07) is 8.46. The maximum atomic E-state index is 13.8. The molecular formula is C16H18BrFN2O. The van der Waals surface area contributed by atoms with Crippen LogP contribution < -0.4 is 10.1 Å². The second-order valence-electron chi connectivity index (χ2n) is 4.75. The van der Waals surface area contributed by atoms with Gasteiger partial charge in [-0.3, -0.25) is 0 Å². The highest BCUT2D eigenvalue weighted by Crippen LogP contribution is 2.30. The lowest BCUT2D eigenvalue weighted by molar-refractivity contribution is 0.413. The van der Waals surface area contributed by atoms with Crippen LogP contribution in [0.1, 0.15) is 31.9 Å². The summed E-state index contributed by atoms with van der Waals surface area (Å²) in [6.07, 6.45) is 2.68. The predicted molar refractivity (Wildman–Crippen MR) is 85.1 cm³/mol. The Morgan fingerprint density at radius 1 is 1.38 bits per heavy atom. The van der Waals surface area contributed by atoms with Crippen molar-refractivity contribution in [1.29, 1.82) is 0 Å². The van der Waals surface area contributed by atoms with E-state index in [1.807, 2.05) is 19.1 Å². The number of benzene rings is 1. The van der Waals surface area contributed by atoms with Crippen molar-refractivity contribution >= 4 is 15.9 Å². The van der Waals surface area contributed by atoms with Crippen LogP contribution in [0.4, 0.5) is 4.39 Å². The molecule has 0 aliphatic carbocycles. The van der Waals surface area contributed by atoms with Gasteiger partial charge in [-0.05, 0) is 44.2 Å². The van der Waals surface area contributed by atoms with Gasteiger partial charge in [0.1, 0.15) is 0 Å². The van der Waals surface area contributed by atoms with Crippen molar-refractivity contribution in [2.24, 2.45) is 0 Å². The van der Waals surface area contributed by atoms with E-state index in [1.54, 1.807) is 18.3 Å². The zero-order valence-corrected chi connectivity index (χ0v) is 13.7. The van der Waals surface area contributed by atoms with E-state index in [9.17, 15) is 4.39 Å². The van der Waals surface area contributed by atoms with Gasteiger partial charge in [-0.2, -0.15) is 0 Å². The standard InChI is InChI=1S/C16H18BrFN2O/c1-3-8-19-11(2)13-5-4-9-20-16(13)21-15-10-12(17)6-7-14(15)18/h4-7,9-11,19H,3,8H2,1-2H3. The number of hydrogen-bond donors (Lipinski definition) is 1. The van der Waals surface area contributed by atoms with Crippen molar-refractivity contribution in [1.82, 2.24) is 10.3 Å². The molecule has 1 N–H and O–H groups in total. The molecule has 0 spiro atoms. The van der Waals surface area contributed by atoms with Gasteiger partial charge in [0.2, 0.25) is 5.88 Å². The second-order valence-corrected chi connectivity index (χ2v) is 5.67. The summed E-state index contributed by atoms with van der Waals surface area (Å²) in [4.78, 5) is 4.23. The van der Waals surface area contributed by atoms with E-state index in [4.69, 9.17) is 4.74 Å². The molecule has 2 aromatic rings. The molecule has 0 aliphatic heterocycles. The number of aromatic nitrogens is 1. The first kappa shape index (κ1) is 15.9. The fourth-order valence-electron chi connectivity index (χ4n) is 1.95. The number of halogens is 2. The summed E-state index contributed by atoms with van der Waals surface area (Å²) in [7, 11) is 0. The van der Waals surface area contributed by atoms with Gasteiger partial charge >= 0.3 is 0 Å². The predicted octanol–water partition coefficient (Wildman–Crippen LogP) is 4.84. The average molecular weight is 353 g/mol. The van der Waals surface area contributed by atoms with Crippen LogP contribution in [-0.4, -0.2) is 11.5 Å². The zero-order chi connectivity index (χ0) is 15.2. The molecule has 0 bridgehead atoms. The quantitative estimate of drug-likeness (QED) is 0.807. The molecule has 1 aromatic carbocycles. The van der Waals surface area contributed by atoms with Crippen LogP contribution in [-0.2, 0) is 0 Å². The summed E-state index contributed by atoms with van der Waals surface area (Å²) >= 11 is 3.31. The average Bonchev–Trinajstić information content (AvgIpc) is 2.49. The van der Waals surface area contributed by atoms with E-state index in [0.717, 1.165) is 23.0 Å². The van der Waals surface area contributed by atoms with Crippen molar-refractivity contribution in [3.8, 4) is 11.6 Å². The van der Waals surface area contributed by atoms with Crippen molar-refractivity contribution in [2.75, 3.05) is 6.54 Å². The summed E-state index contributed by atoms with van der Waals surface area (Å²) in [6.45, 7) is 5.05. The van der Waals surface area contributed by atoms with E-state index >= 15 is 0 Å². The Labute approximate surface area is 132 Å². The van der Waals surface area contributed by atoms with Crippen molar-refractivity contribution in [2.45, 2.75) is 26.3 Å². The SMILES string of the molecule is CCCNC(C)c1cccnc1Oc1cc(Br)ccc1F. The van der Waals surface area contributed by atoms with Crippen LogP contribution in [0.25, 0.3) is 0 Å². The van der Waals surface area contributed by atoms with E-state index in [2.05, 4.69) is 33.2 Å². The van der Waals surface area contributed by atoms with Crippen LogP contribution in [0, 0.1) is 5.82 Å². The minimum Gasteiger partial charge on any atom is -0.436 e. The van der Waals surface area contributed by atoms with Gasteiger partial charge in [0.05, 0.1) is 0 Å². The molecule has 2 rings (SSSR count). The maximum Gasteiger partial charge on any atom is 0.224 e. The van der Waals surface area contributed by atoms with Crippen molar-refractivity contribution < 1.29 is 9.13 Å². The topological polar surface area (TPSA) is 34.2 Å². The highest BCUT2D eigenvalue weighted by molar-refractivity contribution is 9.10. The first-order valence-electron chi connectivity index (χ1n) is 6.93. The molecule has 5 heteroatoms. The summed E-state index contributed by atoms with van der Waals surface area (Å²) in [5.74, 6) is 0.168. The molecule has 0 aliphatic rings. The first-order valence-corrected chi connectivity index (χ1v) is 7.72. The third-order valence-electron chi connectivity index (χ3n) is 3.07. The van der Waals surface area contributed by atoms with Crippen LogP contribution in [0.2, 0.25) is 0 Å². The molecule has 1 heterocycles. The smallest absolute Gasteiger partial charge is 0.224 e. The monoisotopic (exact) mass is 352 g/mol. The largest absolute Gasteiger partial charge is 0.436 e. The highest BCUT2D eigenvalue weighted by Gasteiger charge is 2.14. The molecule has 0 saturated carbocycles. The molecule has 0 saturated heterocycles. The molecule has 3 nitrogen and oxygen atoms in total. The molecule has 112 valence electrons. The molecular weight excluding hydrogens is 335 g/mol. The number of hydrogen-bond acceptors (Lipinski definition) is 3. The number of rotatable bonds is 6. The molecule has 1 aromatic heterocycles. The van der Waals surface area contributed by atoms with Gasteiger partial charge in [-0.15, -0.1) is 0 Å². The molecule has 0 amide bonds. The fourth-order valence-corrected chi connectivity index (χ4v) is 2.29. The maximum absolute atomic E-state index is 13.8. The van der Waals surface area contributed by atoms with Gasteiger partial charge in [0.15, 0.2) is 11.6 Å². The Bertz CT molecular complexity index is 607. The van der Waals surface area contributed by atoms with Crippen LogP contribution in [0.15, 0.2) is 41.0 Å². The zero-order valence-electron chi connectivity index (χ0n) is 12.1. The second kappa shape index (κ2) is 7.52. The summed E-state index contributed by atoms with van der Waals surface area (Å²) < 4.78 is 20.2. The Hall–Kier alpha value is -1.46. The summed E-state index contributed by atoms with van der Waals surface area (Å²) in [5.41, 5.74) is 0.908. The van der Waals surface area contributed by atoms with Gasteiger partial charge in [-0.1, -0.05) is 28.9 Å². The van der Waals surface area contributed by atoms with Gasteiger partial charge in [0.25, 0.3) is 0 Å². The number of pyridine rings is 1. The number of ether oxygens (including phenoxy) is 1. The molecule has 0 radical (unpaired) electrons. The lowest BCUT2D eigenvalue weighted by atomic mass is 10.1. The van der Waals surface area contributed by atoms with Crippen LogP contribution in [0.3, 0.4) is 0 Å². The molecule has 1 unspecified atom stereocenters. The minimum atomic E-state index is -0.413. The van der Waals surface area contributed by atoms with Gasteiger partial charge < -0.3 is 10.1 Å². The van der Waals surface area contributed by atoms with Gasteiger partial charge in [0, 0.05) is 22.3 Å². The van der Waals surface area contributed by atoms with E-state index in [1.165, 1.54) is 6.07 Å². The molecule has 1 atom stereocenters. The van der Waals surface area contributed by atoms with Crippen molar-refractivity contribution in [3.05, 3.63) is 52.4 Å². The Morgan fingerprint density at radius 3 is 2.95 bits per heavy atom. The van der Waals surface area contributed by atoms with Crippen LogP contribution >= 0.6 is 15.9 Å². The van der Waals surface area contributed by atoms with Crippen molar-refractivity contribution in [3.63, 3.8) is 0 Å². The lowest BCUT2D eigenvalue weighted by Gasteiger charge is -2.17. The molecule has 0 fully saturated rings. The highest BCUT2D eigenvalue weighted by atomic mass is 79.9. The molecule has 21 heavy (non-hydrogen) atoms. The van der Waals surface area contributed by atoms with Crippen LogP contribution in [0.5, 0.6) is 11.6 Å². The Balaban J connectivity index is 2.25. The lowest BCUT2D eigenvalue weighted by Crippen LogP contribution is -2.20. The number of nitrogens with zero attached hydrogens (tertiary/aromatic N) is 1. The fraction of sp³-hybridized carbons (Fsp3) is 0.312. The minimum absolute atomic E-state index is 0.0869. The summed E-state index contributed by atoms with van der Waals surface area (Å²) in [5, 5.41) is 3.38. The first-order chi connectivity index (χ1) is 10.1. The third-order valence-corrected chi connectivity index (χ3v) is 3.56. The van der Waals surface area contributed by atoms with Gasteiger partial charge in [-0.25, -0.2) is 9.37 Å². The Morgan fingerprint density at radius 2 is 2.19 bits per heavy atom. The normalized spacial score (nSPS) is 12.2. The van der Waals surface area contributed by atoms with E-state index < -0.39 is 5.82 Å². The Kier molecular flexibility index (Phi) is 5.70. The third kappa shape index (κ3) is 4.25. The number of nitrogens with one attached hydrogen (secondary N) is 1.